The number of nitrogens with one attached hydrogen (secondary N) is 1. The van der Waals surface area contributed by atoms with Crippen molar-refractivity contribution in [1.82, 2.24) is 9.55 Å². The Morgan fingerprint density at radius 3 is 2.65 bits per heavy atom. The van der Waals surface area contributed by atoms with Gasteiger partial charge in [0.1, 0.15) is 17.4 Å². The standard InChI is InChI=1S/C24H20N4O3/c1-15-20(12-25)23(30)28(11-10-16-13-27-22-5-3-2-4-19(16)22)24(31)21(15)14-26-17-6-8-18(29)9-7-17/h2-9,13-14,27,29,31H,10-11H2,1H3. The fraction of sp³-hybridized carbons (Fsp3) is 0.125. The van der Waals surface area contributed by atoms with Crippen LogP contribution in [0.3, 0.4) is 0 Å². The number of phenols is 1. The highest BCUT2D eigenvalue weighted by Gasteiger charge is 2.18. The van der Waals surface area contributed by atoms with Gasteiger partial charge in [0.25, 0.3) is 5.56 Å². The molecule has 0 bridgehead atoms. The first kappa shape index (κ1) is 20.0. The molecule has 154 valence electrons. The van der Waals surface area contributed by atoms with E-state index >= 15 is 0 Å². The Morgan fingerprint density at radius 1 is 1.16 bits per heavy atom. The molecule has 0 unspecified atom stereocenters. The number of fused-ring (bicyclic) bond motifs is 1. The SMILES string of the molecule is Cc1c(C=Nc2ccc(O)cc2)c(O)n(CCc2c[nH]c3ccccc23)c(=O)c1C#N. The second-order valence-corrected chi connectivity index (χ2v) is 7.19. The molecule has 2 heterocycles. The van der Waals surface area contributed by atoms with E-state index in [9.17, 15) is 20.3 Å². The molecule has 4 rings (SSSR count). The zero-order valence-corrected chi connectivity index (χ0v) is 16.8. The minimum atomic E-state index is -0.529. The van der Waals surface area contributed by atoms with Crippen molar-refractivity contribution >= 4 is 22.8 Å². The summed E-state index contributed by atoms with van der Waals surface area (Å²) in [5, 5.41) is 30.8. The second kappa shape index (κ2) is 8.20. The van der Waals surface area contributed by atoms with Crippen molar-refractivity contribution in [2.45, 2.75) is 19.9 Å². The number of hydrogen-bond donors (Lipinski definition) is 3. The van der Waals surface area contributed by atoms with Crippen molar-refractivity contribution in [2.75, 3.05) is 0 Å². The highest BCUT2D eigenvalue weighted by atomic mass is 16.3. The molecule has 0 aliphatic heterocycles. The molecule has 3 N–H and O–H groups in total. The number of H-pyrrole nitrogens is 1. The van der Waals surface area contributed by atoms with E-state index < -0.39 is 5.56 Å². The quantitative estimate of drug-likeness (QED) is 0.431. The van der Waals surface area contributed by atoms with Crippen LogP contribution in [-0.4, -0.2) is 26.0 Å². The monoisotopic (exact) mass is 412 g/mol. The minimum absolute atomic E-state index is 0.0242. The number of aromatic nitrogens is 2. The lowest BCUT2D eigenvalue weighted by Gasteiger charge is -2.14. The Bertz CT molecular complexity index is 1390. The summed E-state index contributed by atoms with van der Waals surface area (Å²) in [6, 6.07) is 16.1. The van der Waals surface area contributed by atoms with Gasteiger partial charge in [-0.15, -0.1) is 0 Å². The molecule has 0 spiro atoms. The molecule has 0 aliphatic rings. The van der Waals surface area contributed by atoms with Gasteiger partial charge in [-0.05, 0) is 54.8 Å². The summed E-state index contributed by atoms with van der Waals surface area (Å²) in [5.74, 6) is -0.112. The average molecular weight is 412 g/mol. The van der Waals surface area contributed by atoms with Crippen LogP contribution in [0.2, 0.25) is 0 Å². The van der Waals surface area contributed by atoms with Crippen LogP contribution < -0.4 is 5.56 Å². The van der Waals surface area contributed by atoms with Gasteiger partial charge in [-0.1, -0.05) is 18.2 Å². The van der Waals surface area contributed by atoms with Gasteiger partial charge >= 0.3 is 0 Å². The fourth-order valence-electron chi connectivity index (χ4n) is 3.58. The number of rotatable bonds is 5. The van der Waals surface area contributed by atoms with Crippen molar-refractivity contribution in [3.8, 4) is 17.7 Å². The number of aromatic amines is 1. The number of nitrogens with zero attached hydrogens (tertiary/aromatic N) is 3. The van der Waals surface area contributed by atoms with Crippen LogP contribution in [0.5, 0.6) is 11.6 Å². The van der Waals surface area contributed by atoms with Crippen molar-refractivity contribution in [3.63, 3.8) is 0 Å². The molecule has 2 aromatic carbocycles. The lowest BCUT2D eigenvalue weighted by Crippen LogP contribution is -2.26. The zero-order chi connectivity index (χ0) is 22.0. The second-order valence-electron chi connectivity index (χ2n) is 7.19. The van der Waals surface area contributed by atoms with Gasteiger partial charge in [0.15, 0.2) is 0 Å². The van der Waals surface area contributed by atoms with E-state index in [0.717, 1.165) is 16.5 Å². The first-order valence-corrected chi connectivity index (χ1v) is 9.74. The van der Waals surface area contributed by atoms with Crippen molar-refractivity contribution in [2.24, 2.45) is 4.99 Å². The molecule has 4 aromatic rings. The molecule has 0 radical (unpaired) electrons. The van der Waals surface area contributed by atoms with E-state index in [1.807, 2.05) is 36.5 Å². The fourth-order valence-corrected chi connectivity index (χ4v) is 3.58. The smallest absolute Gasteiger partial charge is 0.271 e. The third kappa shape index (κ3) is 3.79. The zero-order valence-electron chi connectivity index (χ0n) is 16.8. The van der Waals surface area contributed by atoms with E-state index in [2.05, 4.69) is 9.98 Å². The molecule has 0 saturated carbocycles. The molecule has 0 saturated heterocycles. The van der Waals surface area contributed by atoms with Crippen LogP contribution in [0, 0.1) is 18.3 Å². The maximum Gasteiger partial charge on any atom is 0.271 e. The minimum Gasteiger partial charge on any atom is -0.508 e. The molecule has 0 fully saturated rings. The van der Waals surface area contributed by atoms with Gasteiger partial charge in [-0.3, -0.25) is 14.4 Å². The van der Waals surface area contributed by atoms with Crippen molar-refractivity contribution in [3.05, 3.63) is 87.3 Å². The van der Waals surface area contributed by atoms with E-state index in [4.69, 9.17) is 0 Å². The Labute approximate surface area is 178 Å². The van der Waals surface area contributed by atoms with E-state index in [0.29, 0.717) is 23.2 Å². The summed E-state index contributed by atoms with van der Waals surface area (Å²) in [6.45, 7) is 1.82. The van der Waals surface area contributed by atoms with Gasteiger partial charge in [0.05, 0.1) is 11.3 Å². The van der Waals surface area contributed by atoms with Crippen LogP contribution >= 0.6 is 0 Å². The first-order chi connectivity index (χ1) is 15.0. The van der Waals surface area contributed by atoms with Crippen LogP contribution in [-0.2, 0) is 13.0 Å². The number of nitriles is 1. The summed E-state index contributed by atoms with van der Waals surface area (Å²) in [6.07, 6.45) is 3.82. The molecule has 2 aromatic heterocycles. The number of aromatic hydroxyl groups is 2. The van der Waals surface area contributed by atoms with E-state index in [1.54, 1.807) is 19.1 Å². The molecule has 0 aliphatic carbocycles. The summed E-state index contributed by atoms with van der Waals surface area (Å²) in [4.78, 5) is 20.3. The molecule has 0 atom stereocenters. The van der Waals surface area contributed by atoms with E-state index in [-0.39, 0.29) is 23.7 Å². The molecular weight excluding hydrogens is 392 g/mol. The molecule has 31 heavy (non-hydrogen) atoms. The van der Waals surface area contributed by atoms with E-state index in [1.165, 1.54) is 22.9 Å². The Balaban J connectivity index is 1.72. The highest BCUT2D eigenvalue weighted by molar-refractivity contribution is 5.87. The number of para-hydroxylation sites is 1. The first-order valence-electron chi connectivity index (χ1n) is 9.74. The normalized spacial score (nSPS) is 11.2. The maximum atomic E-state index is 12.8. The van der Waals surface area contributed by atoms with Crippen LogP contribution in [0.4, 0.5) is 5.69 Å². The summed E-state index contributed by atoms with van der Waals surface area (Å²) >= 11 is 0. The molecule has 0 amide bonds. The van der Waals surface area contributed by atoms with Gasteiger partial charge in [0.2, 0.25) is 5.88 Å². The third-order valence-corrected chi connectivity index (χ3v) is 5.32. The number of pyridine rings is 1. The van der Waals surface area contributed by atoms with Gasteiger partial charge in [0, 0.05) is 29.9 Å². The van der Waals surface area contributed by atoms with Crippen molar-refractivity contribution < 1.29 is 10.2 Å². The van der Waals surface area contributed by atoms with Gasteiger partial charge < -0.3 is 15.2 Å². The number of benzene rings is 2. The Kier molecular flexibility index (Phi) is 5.29. The Hall–Kier alpha value is -4.31. The molecular formula is C24H20N4O3. The molecule has 7 nitrogen and oxygen atoms in total. The predicted molar refractivity (Wildman–Crippen MR) is 119 cm³/mol. The maximum absolute atomic E-state index is 12.8. The lowest BCUT2D eigenvalue weighted by molar-refractivity contribution is 0.404. The average Bonchev–Trinajstić information content (AvgIpc) is 3.18. The predicted octanol–water partition coefficient (Wildman–Crippen LogP) is 3.91. The van der Waals surface area contributed by atoms with Gasteiger partial charge in [-0.25, -0.2) is 0 Å². The molecule has 7 heteroatoms. The third-order valence-electron chi connectivity index (χ3n) is 5.32. The highest BCUT2D eigenvalue weighted by Crippen LogP contribution is 2.24. The number of aryl methyl sites for hydroxylation is 1. The Morgan fingerprint density at radius 2 is 1.90 bits per heavy atom. The topological polar surface area (TPSA) is 114 Å². The lowest BCUT2D eigenvalue weighted by atomic mass is 10.1. The number of hydrogen-bond acceptors (Lipinski definition) is 5. The number of aliphatic imine (C=N–C) groups is 1. The van der Waals surface area contributed by atoms with Crippen molar-refractivity contribution in [1.29, 1.82) is 5.26 Å². The van der Waals surface area contributed by atoms with Crippen LogP contribution in [0.15, 0.2) is 64.5 Å². The van der Waals surface area contributed by atoms with Gasteiger partial charge in [-0.2, -0.15) is 5.26 Å². The summed E-state index contributed by atoms with van der Waals surface area (Å²) < 4.78 is 1.21. The summed E-state index contributed by atoms with van der Waals surface area (Å²) in [5.41, 5.74) is 2.70. The number of phenolic OH excluding ortho intramolecular Hbond substituents is 1. The largest absolute Gasteiger partial charge is 0.508 e. The van der Waals surface area contributed by atoms with Crippen LogP contribution in [0.1, 0.15) is 22.3 Å². The summed E-state index contributed by atoms with van der Waals surface area (Å²) in [7, 11) is 0. The van der Waals surface area contributed by atoms with Crippen LogP contribution in [0.25, 0.3) is 10.9 Å².